The van der Waals surface area contributed by atoms with Gasteiger partial charge in [0.15, 0.2) is 0 Å². The van der Waals surface area contributed by atoms with Crippen LogP contribution in [-0.4, -0.2) is 25.4 Å². The summed E-state index contributed by atoms with van der Waals surface area (Å²) in [5, 5.41) is 0. The number of pyridine rings is 3. The van der Waals surface area contributed by atoms with Crippen LogP contribution >= 0.6 is 0 Å². The van der Waals surface area contributed by atoms with Crippen LogP contribution in [-0.2, 0) is 11.0 Å². The number of aromatic nitrogens is 3. The summed E-state index contributed by atoms with van der Waals surface area (Å²) >= 11 is 0. The Bertz CT molecular complexity index is 1120. The molecule has 0 aliphatic carbocycles. The molecular formula is C24H21FN4OS. The van der Waals surface area contributed by atoms with E-state index in [-0.39, 0.29) is 17.7 Å². The van der Waals surface area contributed by atoms with E-state index in [9.17, 15) is 8.60 Å². The summed E-state index contributed by atoms with van der Waals surface area (Å²) in [5.74, 6) is -0.197. The molecule has 31 heavy (non-hydrogen) atoms. The molecule has 0 amide bonds. The molecule has 5 nitrogen and oxygen atoms in total. The van der Waals surface area contributed by atoms with Crippen molar-refractivity contribution in [2.75, 3.05) is 11.0 Å². The number of nitrogens with one attached hydrogen (secondary N) is 1. The lowest BCUT2D eigenvalue weighted by Gasteiger charge is -2.28. The number of anilines is 1. The maximum Gasteiger partial charge on any atom is 0.137 e. The molecule has 1 aromatic carbocycles. The zero-order valence-electron chi connectivity index (χ0n) is 16.9. The largest absolute Gasteiger partial charge is 0.290 e. The molecule has 156 valence electrons. The molecule has 4 rings (SSSR count). The SMILES string of the molecule is CS(=O)Nc1cccc(C(c2ccc(F)cc2)C(c2cccnc2)c2cccnc2)n1. The minimum absolute atomic E-state index is 0.164. The lowest BCUT2D eigenvalue weighted by Crippen LogP contribution is -2.17. The van der Waals surface area contributed by atoms with E-state index in [0.29, 0.717) is 5.82 Å². The Kier molecular flexibility index (Phi) is 6.43. The van der Waals surface area contributed by atoms with Crippen LogP contribution in [0.1, 0.15) is 34.2 Å². The van der Waals surface area contributed by atoms with Crippen LogP contribution in [0.2, 0.25) is 0 Å². The first-order chi connectivity index (χ1) is 15.1. The Morgan fingerprint density at radius 1 is 0.806 bits per heavy atom. The van der Waals surface area contributed by atoms with Gasteiger partial charge in [-0.05, 0) is 53.1 Å². The van der Waals surface area contributed by atoms with E-state index >= 15 is 0 Å². The highest BCUT2D eigenvalue weighted by atomic mass is 32.2. The van der Waals surface area contributed by atoms with Crippen molar-refractivity contribution in [1.29, 1.82) is 0 Å². The quantitative estimate of drug-likeness (QED) is 0.460. The number of halogens is 1. The van der Waals surface area contributed by atoms with Crippen LogP contribution in [0.5, 0.6) is 0 Å². The Hall–Kier alpha value is -3.45. The molecule has 7 heteroatoms. The summed E-state index contributed by atoms with van der Waals surface area (Å²) < 4.78 is 28.3. The van der Waals surface area contributed by atoms with Crippen molar-refractivity contribution in [3.63, 3.8) is 0 Å². The van der Waals surface area contributed by atoms with Gasteiger partial charge in [-0.3, -0.25) is 14.7 Å². The Balaban J connectivity index is 1.92. The molecule has 0 aliphatic rings. The number of hydrogen-bond acceptors (Lipinski definition) is 4. The van der Waals surface area contributed by atoms with E-state index in [4.69, 9.17) is 4.98 Å². The molecular weight excluding hydrogens is 411 g/mol. The van der Waals surface area contributed by atoms with Crippen LogP contribution in [0.25, 0.3) is 0 Å². The fourth-order valence-corrected chi connectivity index (χ4v) is 4.14. The van der Waals surface area contributed by atoms with Crippen molar-refractivity contribution < 1.29 is 8.60 Å². The van der Waals surface area contributed by atoms with Gasteiger partial charge in [-0.1, -0.05) is 30.3 Å². The third kappa shape index (κ3) is 5.00. The Labute approximate surface area is 183 Å². The molecule has 3 heterocycles. The van der Waals surface area contributed by atoms with Crippen molar-refractivity contribution in [2.45, 2.75) is 11.8 Å². The topological polar surface area (TPSA) is 67.8 Å². The molecule has 1 N–H and O–H groups in total. The highest BCUT2D eigenvalue weighted by Gasteiger charge is 2.30. The molecule has 3 aromatic heterocycles. The fourth-order valence-electron chi connectivity index (χ4n) is 3.73. The first kappa shape index (κ1) is 20.8. The smallest absolute Gasteiger partial charge is 0.137 e. The fraction of sp³-hybridized carbons (Fsp3) is 0.125. The Morgan fingerprint density at radius 2 is 1.45 bits per heavy atom. The lowest BCUT2D eigenvalue weighted by molar-refractivity contribution is 0.622. The second kappa shape index (κ2) is 9.57. The summed E-state index contributed by atoms with van der Waals surface area (Å²) in [6, 6.07) is 19.9. The van der Waals surface area contributed by atoms with Crippen molar-refractivity contribution in [1.82, 2.24) is 15.0 Å². The molecule has 0 saturated heterocycles. The van der Waals surface area contributed by atoms with Crippen LogP contribution in [0.15, 0.2) is 91.5 Å². The monoisotopic (exact) mass is 432 g/mol. The highest BCUT2D eigenvalue weighted by molar-refractivity contribution is 7.85. The predicted molar refractivity (Wildman–Crippen MR) is 120 cm³/mol. The van der Waals surface area contributed by atoms with Gasteiger partial charge in [0.1, 0.15) is 22.6 Å². The first-order valence-corrected chi connectivity index (χ1v) is 11.3. The van der Waals surface area contributed by atoms with Gasteiger partial charge in [-0.2, -0.15) is 0 Å². The minimum Gasteiger partial charge on any atom is -0.290 e. The van der Waals surface area contributed by atoms with Gasteiger partial charge in [0.25, 0.3) is 0 Å². The normalized spacial score (nSPS) is 13.0. The summed E-state index contributed by atoms with van der Waals surface area (Å²) in [6.07, 6.45) is 8.68. The molecule has 0 aliphatic heterocycles. The molecule has 4 aromatic rings. The van der Waals surface area contributed by atoms with Gasteiger partial charge in [0, 0.05) is 42.9 Å². The molecule has 0 spiro atoms. The lowest BCUT2D eigenvalue weighted by atomic mass is 9.76. The van der Waals surface area contributed by atoms with E-state index < -0.39 is 11.0 Å². The van der Waals surface area contributed by atoms with E-state index in [1.54, 1.807) is 36.8 Å². The summed E-state index contributed by atoms with van der Waals surface area (Å²) in [5.41, 5.74) is 3.65. The second-order valence-corrected chi connectivity index (χ2v) is 8.20. The van der Waals surface area contributed by atoms with Gasteiger partial charge < -0.3 is 0 Å². The van der Waals surface area contributed by atoms with Gasteiger partial charge in [-0.25, -0.2) is 13.6 Å². The second-order valence-electron chi connectivity index (χ2n) is 7.08. The highest BCUT2D eigenvalue weighted by Crippen LogP contribution is 2.42. The van der Waals surface area contributed by atoms with E-state index in [0.717, 1.165) is 22.4 Å². The molecule has 2 unspecified atom stereocenters. The van der Waals surface area contributed by atoms with Crippen molar-refractivity contribution in [3.05, 3.63) is 120 Å². The van der Waals surface area contributed by atoms with Crippen LogP contribution in [0, 0.1) is 5.82 Å². The van der Waals surface area contributed by atoms with Crippen molar-refractivity contribution in [3.8, 4) is 0 Å². The average molecular weight is 433 g/mol. The van der Waals surface area contributed by atoms with Crippen LogP contribution < -0.4 is 4.72 Å². The Morgan fingerprint density at radius 3 is 2.00 bits per heavy atom. The van der Waals surface area contributed by atoms with E-state index in [2.05, 4.69) is 14.7 Å². The number of nitrogens with zero attached hydrogens (tertiary/aromatic N) is 3. The van der Waals surface area contributed by atoms with Crippen LogP contribution in [0.4, 0.5) is 10.2 Å². The van der Waals surface area contributed by atoms with Crippen molar-refractivity contribution in [2.24, 2.45) is 0 Å². The first-order valence-electron chi connectivity index (χ1n) is 9.74. The maximum atomic E-state index is 13.7. The molecule has 0 bridgehead atoms. The van der Waals surface area contributed by atoms with Gasteiger partial charge in [0.05, 0.1) is 5.69 Å². The zero-order chi connectivity index (χ0) is 21.6. The third-order valence-electron chi connectivity index (χ3n) is 4.99. The summed E-state index contributed by atoms with van der Waals surface area (Å²) in [6.45, 7) is 0. The zero-order valence-corrected chi connectivity index (χ0v) is 17.7. The number of rotatable bonds is 7. The molecule has 0 saturated carbocycles. The van der Waals surface area contributed by atoms with Crippen LogP contribution in [0.3, 0.4) is 0 Å². The number of benzene rings is 1. The third-order valence-corrected chi connectivity index (χ3v) is 5.48. The van der Waals surface area contributed by atoms with E-state index in [1.165, 1.54) is 12.1 Å². The summed E-state index contributed by atoms with van der Waals surface area (Å²) in [7, 11) is -1.25. The minimum atomic E-state index is -1.25. The van der Waals surface area contributed by atoms with E-state index in [1.807, 2.05) is 48.8 Å². The average Bonchev–Trinajstić information content (AvgIpc) is 2.79. The van der Waals surface area contributed by atoms with Gasteiger partial charge in [0.2, 0.25) is 0 Å². The van der Waals surface area contributed by atoms with Gasteiger partial charge in [-0.15, -0.1) is 0 Å². The molecule has 0 fully saturated rings. The van der Waals surface area contributed by atoms with Crippen molar-refractivity contribution >= 4 is 16.8 Å². The standard InChI is InChI=1S/C24H21FN4OS/c1-31(30)29-22-8-2-7-21(28-22)24(17-9-11-20(25)12-10-17)23(18-5-3-13-26-15-18)19-6-4-14-27-16-19/h2-16,23-24H,1H3,(H,28,29). The molecule has 0 radical (unpaired) electrons. The van der Waals surface area contributed by atoms with Gasteiger partial charge >= 0.3 is 0 Å². The maximum absolute atomic E-state index is 13.7. The predicted octanol–water partition coefficient (Wildman–Crippen LogP) is 4.68. The number of hydrogen-bond donors (Lipinski definition) is 1. The molecule has 2 atom stereocenters. The summed E-state index contributed by atoms with van der Waals surface area (Å²) in [4.78, 5) is 13.4.